The lowest BCUT2D eigenvalue weighted by Crippen LogP contribution is -2.26. The van der Waals surface area contributed by atoms with E-state index in [2.05, 4.69) is 45.3 Å². The van der Waals surface area contributed by atoms with Gasteiger partial charge >= 0.3 is 0 Å². The molecular weight excluding hydrogens is 224 g/mol. The molecule has 1 saturated heterocycles. The quantitative estimate of drug-likeness (QED) is 0.872. The Morgan fingerprint density at radius 3 is 3.11 bits per heavy atom. The molecule has 0 spiro atoms. The minimum atomic E-state index is 0.686. The van der Waals surface area contributed by atoms with Crippen LogP contribution in [0.3, 0.4) is 0 Å². The van der Waals surface area contributed by atoms with Crippen molar-refractivity contribution >= 4 is 16.7 Å². The van der Waals surface area contributed by atoms with Crippen LogP contribution in [-0.2, 0) is 6.54 Å². The van der Waals surface area contributed by atoms with E-state index in [1.807, 2.05) is 7.05 Å². The summed E-state index contributed by atoms with van der Waals surface area (Å²) in [5.41, 5.74) is 3.28. The van der Waals surface area contributed by atoms with Crippen LogP contribution in [-0.4, -0.2) is 34.5 Å². The summed E-state index contributed by atoms with van der Waals surface area (Å²) >= 11 is 0. The van der Waals surface area contributed by atoms with Crippen molar-refractivity contribution in [1.29, 1.82) is 0 Å². The first-order valence-electron chi connectivity index (χ1n) is 6.67. The Morgan fingerprint density at radius 2 is 2.39 bits per heavy atom. The van der Waals surface area contributed by atoms with Crippen molar-refractivity contribution in [3.63, 3.8) is 0 Å². The Balaban J connectivity index is 1.84. The number of fused-ring (bicyclic) bond motifs is 1. The number of aromatic amines is 1. The van der Waals surface area contributed by atoms with Crippen LogP contribution in [0.15, 0.2) is 18.2 Å². The average Bonchev–Trinajstić information content (AvgIpc) is 2.95. The smallest absolute Gasteiger partial charge is 0.121 e. The van der Waals surface area contributed by atoms with Crippen molar-refractivity contribution in [2.24, 2.45) is 0 Å². The summed E-state index contributed by atoms with van der Waals surface area (Å²) in [6.45, 7) is 4.43. The van der Waals surface area contributed by atoms with Crippen molar-refractivity contribution in [3.05, 3.63) is 24.0 Å². The Hall–Kier alpha value is -1.55. The SMILES string of the molecule is CNc1ccc2nc(CN3CCCC3C)[nH]c2c1. The van der Waals surface area contributed by atoms with Crippen LogP contribution in [0, 0.1) is 0 Å². The monoisotopic (exact) mass is 244 g/mol. The third kappa shape index (κ3) is 2.08. The van der Waals surface area contributed by atoms with Crippen LogP contribution in [0.25, 0.3) is 11.0 Å². The molecule has 0 aliphatic carbocycles. The number of nitrogens with zero attached hydrogens (tertiary/aromatic N) is 2. The molecule has 96 valence electrons. The van der Waals surface area contributed by atoms with Crippen molar-refractivity contribution in [1.82, 2.24) is 14.9 Å². The number of anilines is 1. The molecule has 1 fully saturated rings. The number of nitrogens with one attached hydrogen (secondary N) is 2. The van der Waals surface area contributed by atoms with Gasteiger partial charge in [0.2, 0.25) is 0 Å². The second kappa shape index (κ2) is 4.61. The molecule has 0 amide bonds. The molecule has 4 heteroatoms. The van der Waals surface area contributed by atoms with E-state index in [0.29, 0.717) is 6.04 Å². The summed E-state index contributed by atoms with van der Waals surface area (Å²) in [4.78, 5) is 10.6. The summed E-state index contributed by atoms with van der Waals surface area (Å²) in [6.07, 6.45) is 2.62. The molecule has 1 aliphatic rings. The van der Waals surface area contributed by atoms with Gasteiger partial charge in [-0.1, -0.05) is 0 Å². The van der Waals surface area contributed by atoms with Gasteiger partial charge in [-0.05, 0) is 44.5 Å². The number of imidazole rings is 1. The molecule has 0 bridgehead atoms. The second-order valence-corrected chi connectivity index (χ2v) is 5.13. The number of rotatable bonds is 3. The van der Waals surface area contributed by atoms with Crippen LogP contribution in [0.1, 0.15) is 25.6 Å². The van der Waals surface area contributed by atoms with Gasteiger partial charge in [0.15, 0.2) is 0 Å². The van der Waals surface area contributed by atoms with E-state index in [4.69, 9.17) is 0 Å². The topological polar surface area (TPSA) is 44.0 Å². The molecule has 0 saturated carbocycles. The number of H-pyrrole nitrogens is 1. The average molecular weight is 244 g/mol. The third-order valence-electron chi connectivity index (χ3n) is 3.86. The van der Waals surface area contributed by atoms with Crippen molar-refractivity contribution in [3.8, 4) is 0 Å². The van der Waals surface area contributed by atoms with Crippen LogP contribution in [0.5, 0.6) is 0 Å². The maximum absolute atomic E-state index is 4.66. The normalized spacial score (nSPS) is 20.7. The zero-order valence-corrected chi connectivity index (χ0v) is 11.0. The molecule has 1 unspecified atom stereocenters. The van der Waals surface area contributed by atoms with Gasteiger partial charge in [-0.2, -0.15) is 0 Å². The van der Waals surface area contributed by atoms with E-state index < -0.39 is 0 Å². The minimum Gasteiger partial charge on any atom is -0.388 e. The lowest BCUT2D eigenvalue weighted by molar-refractivity contribution is 0.255. The molecule has 2 heterocycles. The fourth-order valence-corrected chi connectivity index (χ4v) is 2.71. The number of aromatic nitrogens is 2. The van der Waals surface area contributed by atoms with E-state index in [1.165, 1.54) is 19.4 Å². The molecule has 3 rings (SSSR count). The molecule has 1 aromatic heterocycles. The highest BCUT2D eigenvalue weighted by molar-refractivity contribution is 5.79. The van der Waals surface area contributed by atoms with Gasteiger partial charge in [-0.15, -0.1) is 0 Å². The van der Waals surface area contributed by atoms with Crippen LogP contribution >= 0.6 is 0 Å². The largest absolute Gasteiger partial charge is 0.388 e. The van der Waals surface area contributed by atoms with Crippen LogP contribution < -0.4 is 5.32 Å². The van der Waals surface area contributed by atoms with Gasteiger partial charge in [0.1, 0.15) is 5.82 Å². The van der Waals surface area contributed by atoms with E-state index in [-0.39, 0.29) is 0 Å². The van der Waals surface area contributed by atoms with Gasteiger partial charge in [0.05, 0.1) is 17.6 Å². The maximum Gasteiger partial charge on any atom is 0.121 e. The molecule has 1 aliphatic heterocycles. The van der Waals surface area contributed by atoms with Crippen molar-refractivity contribution < 1.29 is 0 Å². The van der Waals surface area contributed by atoms with E-state index in [9.17, 15) is 0 Å². The van der Waals surface area contributed by atoms with Gasteiger partial charge in [-0.3, -0.25) is 4.90 Å². The number of benzene rings is 1. The van der Waals surface area contributed by atoms with Crippen LogP contribution in [0.4, 0.5) is 5.69 Å². The molecular formula is C14H20N4. The van der Waals surface area contributed by atoms with Gasteiger partial charge in [0.25, 0.3) is 0 Å². The standard InChI is InChI=1S/C14H20N4/c1-10-4-3-7-18(10)9-14-16-12-6-5-11(15-2)8-13(12)17-14/h5-6,8,10,15H,3-4,7,9H2,1-2H3,(H,16,17). The lowest BCUT2D eigenvalue weighted by Gasteiger charge is -2.19. The van der Waals surface area contributed by atoms with Gasteiger partial charge < -0.3 is 10.3 Å². The van der Waals surface area contributed by atoms with Crippen LogP contribution in [0.2, 0.25) is 0 Å². The summed E-state index contributed by atoms with van der Waals surface area (Å²) in [5, 5.41) is 3.15. The fourth-order valence-electron chi connectivity index (χ4n) is 2.71. The number of hydrogen-bond acceptors (Lipinski definition) is 3. The first-order chi connectivity index (χ1) is 8.76. The van der Waals surface area contributed by atoms with Crippen molar-refractivity contribution in [2.75, 3.05) is 18.9 Å². The molecule has 1 atom stereocenters. The summed E-state index contributed by atoms with van der Waals surface area (Å²) < 4.78 is 0. The fraction of sp³-hybridized carbons (Fsp3) is 0.500. The third-order valence-corrected chi connectivity index (χ3v) is 3.86. The van der Waals surface area contributed by atoms with E-state index in [1.54, 1.807) is 0 Å². The summed E-state index contributed by atoms with van der Waals surface area (Å²) in [5.74, 6) is 1.08. The molecule has 0 radical (unpaired) electrons. The summed E-state index contributed by atoms with van der Waals surface area (Å²) in [7, 11) is 1.93. The molecule has 2 N–H and O–H groups in total. The van der Waals surface area contributed by atoms with Crippen molar-refractivity contribution in [2.45, 2.75) is 32.4 Å². The first kappa shape index (κ1) is 11.5. The second-order valence-electron chi connectivity index (χ2n) is 5.13. The Morgan fingerprint density at radius 1 is 1.50 bits per heavy atom. The van der Waals surface area contributed by atoms with E-state index >= 15 is 0 Å². The number of hydrogen-bond donors (Lipinski definition) is 2. The Labute approximate surface area is 107 Å². The molecule has 2 aromatic rings. The zero-order chi connectivity index (χ0) is 12.5. The predicted octanol–water partition coefficient (Wildman–Crippen LogP) is 2.59. The Bertz CT molecular complexity index is 546. The predicted molar refractivity (Wildman–Crippen MR) is 74.7 cm³/mol. The maximum atomic E-state index is 4.66. The summed E-state index contributed by atoms with van der Waals surface area (Å²) in [6, 6.07) is 6.92. The van der Waals surface area contributed by atoms with Gasteiger partial charge in [0, 0.05) is 18.8 Å². The van der Waals surface area contributed by atoms with Gasteiger partial charge in [-0.25, -0.2) is 4.98 Å². The Kier molecular flexibility index (Phi) is 2.96. The highest BCUT2D eigenvalue weighted by Gasteiger charge is 2.21. The number of likely N-dealkylation sites (tertiary alicyclic amines) is 1. The highest BCUT2D eigenvalue weighted by Crippen LogP contribution is 2.21. The zero-order valence-electron chi connectivity index (χ0n) is 11.0. The van der Waals surface area contributed by atoms with E-state index in [0.717, 1.165) is 29.1 Å². The minimum absolute atomic E-state index is 0.686. The molecule has 1 aromatic carbocycles. The highest BCUT2D eigenvalue weighted by atomic mass is 15.2. The lowest BCUT2D eigenvalue weighted by atomic mass is 10.2. The molecule has 18 heavy (non-hydrogen) atoms. The first-order valence-corrected chi connectivity index (χ1v) is 6.67. The molecule has 4 nitrogen and oxygen atoms in total.